The molecule has 0 atom stereocenters. The Labute approximate surface area is 167 Å². The molecule has 0 bridgehead atoms. The Bertz CT molecular complexity index is 1040. The third-order valence-electron chi connectivity index (χ3n) is 4.16. The fraction of sp³-hybridized carbons (Fsp3) is 0.136. The fourth-order valence-electron chi connectivity index (χ4n) is 2.64. The van der Waals surface area contributed by atoms with Crippen LogP contribution >= 0.6 is 0 Å². The largest absolute Gasteiger partial charge is 0.496 e. The zero-order chi connectivity index (χ0) is 20.6. The van der Waals surface area contributed by atoms with Crippen LogP contribution in [0.5, 0.6) is 11.5 Å². The van der Waals surface area contributed by atoms with Gasteiger partial charge in [-0.3, -0.25) is 4.79 Å². The summed E-state index contributed by atoms with van der Waals surface area (Å²) in [5.74, 6) is 0.172. The van der Waals surface area contributed by atoms with Crippen LogP contribution in [0.15, 0.2) is 65.8 Å². The molecule has 0 aliphatic carbocycles. The van der Waals surface area contributed by atoms with Gasteiger partial charge in [-0.15, -0.1) is 0 Å². The number of esters is 1. The van der Waals surface area contributed by atoms with Crippen LogP contribution in [0.3, 0.4) is 0 Å². The van der Waals surface area contributed by atoms with Crippen molar-refractivity contribution >= 4 is 28.9 Å². The quantitative estimate of drug-likeness (QED) is 0.379. The molecule has 0 heterocycles. The molecule has 7 nitrogen and oxygen atoms in total. The van der Waals surface area contributed by atoms with E-state index in [0.29, 0.717) is 17.1 Å². The van der Waals surface area contributed by atoms with Gasteiger partial charge in [-0.25, -0.2) is 10.2 Å². The van der Waals surface area contributed by atoms with E-state index in [9.17, 15) is 9.59 Å². The Morgan fingerprint density at radius 3 is 2.34 bits per heavy atom. The van der Waals surface area contributed by atoms with Crippen molar-refractivity contribution in [1.82, 2.24) is 5.43 Å². The first kappa shape index (κ1) is 19.9. The molecule has 0 fully saturated rings. The maximum absolute atomic E-state index is 12.5. The second-order valence-electron chi connectivity index (χ2n) is 6.03. The topological polar surface area (TPSA) is 86.2 Å². The Balaban J connectivity index is 1.65. The number of hydrogen-bond acceptors (Lipinski definition) is 6. The van der Waals surface area contributed by atoms with Gasteiger partial charge in [0, 0.05) is 0 Å². The lowest BCUT2D eigenvalue weighted by atomic mass is 10.1. The number of carbonyl (C=O) groups excluding carboxylic acids is 2. The van der Waals surface area contributed by atoms with Crippen molar-refractivity contribution in [3.8, 4) is 11.5 Å². The number of carbonyl (C=O) groups is 2. The molecule has 3 rings (SSSR count). The first-order valence-corrected chi connectivity index (χ1v) is 8.80. The summed E-state index contributed by atoms with van der Waals surface area (Å²) in [6, 6.07) is 18.2. The van der Waals surface area contributed by atoms with E-state index in [1.165, 1.54) is 20.4 Å². The van der Waals surface area contributed by atoms with Gasteiger partial charge in [0.1, 0.15) is 11.5 Å². The minimum absolute atomic E-state index is 0.159. The Hall–Kier alpha value is -3.87. The van der Waals surface area contributed by atoms with E-state index in [4.69, 9.17) is 9.47 Å². The standard InChI is InChI=1S/C22H20N2O5/c1-27-20-12-17-6-4-3-5-16(17)11-19(20)22(26)24-23-13-15-7-9-18(10-8-15)29-14-21(25)28-2/h3-13H,14H2,1-2H3,(H,24,26)/b23-13-. The Morgan fingerprint density at radius 1 is 1.00 bits per heavy atom. The van der Waals surface area contributed by atoms with Crippen LogP contribution < -0.4 is 14.9 Å². The van der Waals surface area contributed by atoms with Crippen molar-refractivity contribution in [2.24, 2.45) is 5.10 Å². The zero-order valence-corrected chi connectivity index (χ0v) is 16.0. The third-order valence-corrected chi connectivity index (χ3v) is 4.16. The Kier molecular flexibility index (Phi) is 6.42. The van der Waals surface area contributed by atoms with Gasteiger partial charge in [-0.05, 0) is 52.7 Å². The summed E-state index contributed by atoms with van der Waals surface area (Å²) >= 11 is 0. The summed E-state index contributed by atoms with van der Waals surface area (Å²) in [5.41, 5.74) is 3.66. The summed E-state index contributed by atoms with van der Waals surface area (Å²) in [6.07, 6.45) is 1.51. The van der Waals surface area contributed by atoms with Gasteiger partial charge >= 0.3 is 5.97 Å². The van der Waals surface area contributed by atoms with Crippen LogP contribution in [-0.4, -0.2) is 38.9 Å². The van der Waals surface area contributed by atoms with E-state index in [1.54, 1.807) is 30.3 Å². The lowest BCUT2D eigenvalue weighted by Gasteiger charge is -2.09. The number of nitrogens with zero attached hydrogens (tertiary/aromatic N) is 1. The zero-order valence-electron chi connectivity index (χ0n) is 16.0. The molecule has 0 saturated carbocycles. The van der Waals surface area contributed by atoms with Crippen molar-refractivity contribution in [2.75, 3.05) is 20.8 Å². The molecule has 7 heteroatoms. The lowest BCUT2D eigenvalue weighted by Crippen LogP contribution is -2.18. The number of hydrogen-bond donors (Lipinski definition) is 1. The van der Waals surface area contributed by atoms with Crippen LogP contribution in [0.2, 0.25) is 0 Å². The Morgan fingerprint density at radius 2 is 1.69 bits per heavy atom. The number of rotatable bonds is 7. The molecule has 3 aromatic rings. The number of nitrogens with one attached hydrogen (secondary N) is 1. The van der Waals surface area contributed by atoms with Gasteiger partial charge in [0.2, 0.25) is 0 Å². The van der Waals surface area contributed by atoms with Crippen molar-refractivity contribution in [1.29, 1.82) is 0 Å². The first-order valence-electron chi connectivity index (χ1n) is 8.80. The van der Waals surface area contributed by atoms with E-state index in [0.717, 1.165) is 16.3 Å². The highest BCUT2D eigenvalue weighted by atomic mass is 16.6. The predicted octanol–water partition coefficient (Wildman–Crippen LogP) is 3.16. The smallest absolute Gasteiger partial charge is 0.343 e. The van der Waals surface area contributed by atoms with Crippen molar-refractivity contribution in [3.05, 3.63) is 71.8 Å². The third kappa shape index (κ3) is 5.10. The SMILES string of the molecule is COC(=O)COc1ccc(/C=N\NC(=O)c2cc3ccccc3cc2OC)cc1. The minimum atomic E-state index is -0.456. The molecule has 0 unspecified atom stereocenters. The molecule has 0 radical (unpaired) electrons. The summed E-state index contributed by atoms with van der Waals surface area (Å²) in [4.78, 5) is 23.6. The number of amides is 1. The van der Waals surface area contributed by atoms with Crippen molar-refractivity contribution < 1.29 is 23.8 Å². The summed E-state index contributed by atoms with van der Waals surface area (Å²) in [7, 11) is 2.82. The highest BCUT2D eigenvalue weighted by Crippen LogP contribution is 2.25. The maximum Gasteiger partial charge on any atom is 0.343 e. The van der Waals surface area contributed by atoms with Crippen LogP contribution in [0, 0.1) is 0 Å². The van der Waals surface area contributed by atoms with Gasteiger partial charge in [-0.2, -0.15) is 5.10 Å². The number of hydrazone groups is 1. The first-order chi connectivity index (χ1) is 14.1. The highest BCUT2D eigenvalue weighted by molar-refractivity contribution is 6.01. The number of ether oxygens (including phenoxy) is 3. The van der Waals surface area contributed by atoms with E-state index in [-0.39, 0.29) is 12.5 Å². The molecule has 0 saturated heterocycles. The summed E-state index contributed by atoms with van der Waals surface area (Å²) in [6.45, 7) is -0.159. The van der Waals surface area contributed by atoms with Crippen molar-refractivity contribution in [3.63, 3.8) is 0 Å². The van der Waals surface area contributed by atoms with Gasteiger partial charge in [0.05, 0.1) is 26.0 Å². The van der Waals surface area contributed by atoms with Crippen LogP contribution in [-0.2, 0) is 9.53 Å². The molecule has 1 amide bonds. The van der Waals surface area contributed by atoms with Gasteiger partial charge in [0.15, 0.2) is 6.61 Å². The molecule has 0 spiro atoms. The van der Waals surface area contributed by atoms with Crippen LogP contribution in [0.1, 0.15) is 15.9 Å². The second kappa shape index (κ2) is 9.36. The number of fused-ring (bicyclic) bond motifs is 1. The summed E-state index contributed by atoms with van der Waals surface area (Å²) in [5, 5.41) is 5.92. The normalized spacial score (nSPS) is 10.7. The minimum Gasteiger partial charge on any atom is -0.496 e. The van der Waals surface area contributed by atoms with Crippen LogP contribution in [0.4, 0.5) is 0 Å². The molecular weight excluding hydrogens is 372 g/mol. The maximum atomic E-state index is 12.5. The number of methoxy groups -OCH3 is 2. The predicted molar refractivity (Wildman–Crippen MR) is 110 cm³/mol. The molecule has 0 aliphatic heterocycles. The van der Waals surface area contributed by atoms with Gasteiger partial charge < -0.3 is 14.2 Å². The molecule has 29 heavy (non-hydrogen) atoms. The van der Waals surface area contributed by atoms with E-state index in [2.05, 4.69) is 15.3 Å². The second-order valence-corrected chi connectivity index (χ2v) is 6.03. The van der Waals surface area contributed by atoms with Gasteiger partial charge in [-0.1, -0.05) is 24.3 Å². The average molecular weight is 392 g/mol. The molecule has 0 aromatic heterocycles. The lowest BCUT2D eigenvalue weighted by molar-refractivity contribution is -0.142. The number of benzene rings is 3. The molecule has 0 aliphatic rings. The molecule has 3 aromatic carbocycles. The van der Waals surface area contributed by atoms with E-state index >= 15 is 0 Å². The van der Waals surface area contributed by atoms with E-state index < -0.39 is 5.97 Å². The fourth-order valence-corrected chi connectivity index (χ4v) is 2.64. The molecule has 1 N–H and O–H groups in total. The molecular formula is C22H20N2O5. The monoisotopic (exact) mass is 392 g/mol. The average Bonchev–Trinajstić information content (AvgIpc) is 2.77. The molecule has 148 valence electrons. The van der Waals surface area contributed by atoms with Crippen molar-refractivity contribution in [2.45, 2.75) is 0 Å². The van der Waals surface area contributed by atoms with Gasteiger partial charge in [0.25, 0.3) is 5.91 Å². The van der Waals surface area contributed by atoms with E-state index in [1.807, 2.05) is 30.3 Å². The summed E-state index contributed by atoms with van der Waals surface area (Å²) < 4.78 is 15.1. The highest BCUT2D eigenvalue weighted by Gasteiger charge is 2.13. The van der Waals surface area contributed by atoms with Crippen LogP contribution in [0.25, 0.3) is 10.8 Å².